The van der Waals surface area contributed by atoms with Crippen LogP contribution in [0.1, 0.15) is 30.9 Å². The normalized spacial score (nSPS) is 11.9. The van der Waals surface area contributed by atoms with Gasteiger partial charge >= 0.3 is 0 Å². The van der Waals surface area contributed by atoms with Gasteiger partial charge in [-0.25, -0.2) is 0 Å². The van der Waals surface area contributed by atoms with Gasteiger partial charge in [0.15, 0.2) is 5.96 Å². The molecule has 24 heavy (non-hydrogen) atoms. The van der Waals surface area contributed by atoms with Crippen LogP contribution >= 0.6 is 11.8 Å². The minimum Gasteiger partial charge on any atom is -0.361 e. The monoisotopic (exact) mass is 346 g/mol. The smallest absolute Gasteiger partial charge is 0.191 e. The van der Waals surface area contributed by atoms with Crippen molar-refractivity contribution in [2.75, 3.05) is 31.6 Å². The van der Waals surface area contributed by atoms with Gasteiger partial charge < -0.3 is 15.6 Å². The fourth-order valence-electron chi connectivity index (χ4n) is 2.78. The highest BCUT2D eigenvalue weighted by molar-refractivity contribution is 7.98. The van der Waals surface area contributed by atoms with Crippen molar-refractivity contribution in [2.24, 2.45) is 4.99 Å². The lowest BCUT2D eigenvalue weighted by atomic mass is 10.1. The van der Waals surface area contributed by atoms with Crippen LogP contribution < -0.4 is 10.6 Å². The van der Waals surface area contributed by atoms with Crippen molar-refractivity contribution < 1.29 is 0 Å². The van der Waals surface area contributed by atoms with E-state index < -0.39 is 0 Å². The number of rotatable bonds is 9. The first-order valence-electron chi connectivity index (χ1n) is 8.83. The topological polar surface area (TPSA) is 52.2 Å². The predicted octanol–water partition coefficient (Wildman–Crippen LogP) is 3.72. The molecule has 5 heteroatoms. The van der Waals surface area contributed by atoms with Crippen LogP contribution in [0.5, 0.6) is 0 Å². The Morgan fingerprint density at radius 2 is 2.12 bits per heavy atom. The molecule has 3 N–H and O–H groups in total. The highest BCUT2D eigenvalue weighted by Crippen LogP contribution is 2.21. The van der Waals surface area contributed by atoms with Crippen molar-refractivity contribution >= 4 is 28.6 Å². The Bertz CT molecular complexity index is 648. The second kappa shape index (κ2) is 10.3. The molecule has 4 nitrogen and oxygen atoms in total. The summed E-state index contributed by atoms with van der Waals surface area (Å²) in [4.78, 5) is 8.06. The molecular formula is C19H30N4S. The van der Waals surface area contributed by atoms with Crippen LogP contribution in [0.3, 0.4) is 0 Å². The number of H-pyrrole nitrogens is 1. The third-order valence-electron chi connectivity index (χ3n) is 4.07. The highest BCUT2D eigenvalue weighted by atomic mass is 32.2. The first kappa shape index (κ1) is 18.7. The minimum atomic E-state index is 0.886. The van der Waals surface area contributed by atoms with Crippen LogP contribution in [0, 0.1) is 6.92 Å². The van der Waals surface area contributed by atoms with Gasteiger partial charge in [0, 0.05) is 36.7 Å². The second-order valence-corrected chi connectivity index (χ2v) is 6.93. The largest absolute Gasteiger partial charge is 0.361 e. The van der Waals surface area contributed by atoms with Crippen molar-refractivity contribution in [1.82, 2.24) is 15.6 Å². The molecule has 0 unspecified atom stereocenters. The predicted molar refractivity (Wildman–Crippen MR) is 108 cm³/mol. The third-order valence-corrected chi connectivity index (χ3v) is 4.76. The van der Waals surface area contributed by atoms with Gasteiger partial charge in [0.05, 0.1) is 0 Å². The lowest BCUT2D eigenvalue weighted by Crippen LogP contribution is -2.38. The molecule has 0 radical (unpaired) electrons. The summed E-state index contributed by atoms with van der Waals surface area (Å²) in [7, 11) is 0. The molecule has 1 heterocycles. The molecule has 0 atom stereocenters. The number of unbranched alkanes of at least 4 members (excludes halogenated alkanes) is 1. The van der Waals surface area contributed by atoms with Gasteiger partial charge in [-0.1, -0.05) is 18.2 Å². The van der Waals surface area contributed by atoms with Crippen LogP contribution in [0.2, 0.25) is 0 Å². The number of thioether (sulfide) groups is 1. The fourth-order valence-corrected chi connectivity index (χ4v) is 3.27. The summed E-state index contributed by atoms with van der Waals surface area (Å²) in [5.74, 6) is 2.15. The summed E-state index contributed by atoms with van der Waals surface area (Å²) in [5.41, 5.74) is 3.91. The maximum Gasteiger partial charge on any atom is 0.191 e. The molecule has 0 fully saturated rings. The van der Waals surface area contributed by atoms with Gasteiger partial charge in [0.2, 0.25) is 0 Å². The fraction of sp³-hybridized carbons (Fsp3) is 0.526. The van der Waals surface area contributed by atoms with Crippen LogP contribution in [0.25, 0.3) is 10.9 Å². The molecular weight excluding hydrogens is 316 g/mol. The van der Waals surface area contributed by atoms with E-state index in [9.17, 15) is 0 Å². The quantitative estimate of drug-likeness (QED) is 0.368. The van der Waals surface area contributed by atoms with Crippen LogP contribution in [-0.4, -0.2) is 42.6 Å². The maximum atomic E-state index is 4.66. The Balaban J connectivity index is 1.85. The average molecular weight is 347 g/mol. The Labute approximate surface area is 149 Å². The Morgan fingerprint density at radius 1 is 1.25 bits per heavy atom. The van der Waals surface area contributed by atoms with E-state index in [0.29, 0.717) is 0 Å². The molecule has 0 aliphatic heterocycles. The second-order valence-electron chi connectivity index (χ2n) is 5.95. The summed E-state index contributed by atoms with van der Waals surface area (Å²) in [6.07, 6.45) is 7.66. The van der Waals surface area contributed by atoms with Gasteiger partial charge in [0.25, 0.3) is 0 Å². The van der Waals surface area contributed by atoms with Crippen LogP contribution in [-0.2, 0) is 6.42 Å². The standard InChI is InChI=1S/C19H30N4S/c1-4-20-19(21-11-5-6-13-24-3)22-12-10-16-14-23-18-15(2)8-7-9-17(16)18/h7-9,14,23H,4-6,10-13H2,1-3H3,(H2,20,21,22). The van der Waals surface area contributed by atoms with Gasteiger partial charge in [-0.3, -0.25) is 4.99 Å². The molecule has 0 amide bonds. The van der Waals surface area contributed by atoms with Crippen molar-refractivity contribution in [1.29, 1.82) is 0 Å². The Morgan fingerprint density at radius 3 is 2.92 bits per heavy atom. The van der Waals surface area contributed by atoms with E-state index in [2.05, 4.69) is 65.1 Å². The lowest BCUT2D eigenvalue weighted by Gasteiger charge is -2.11. The number of fused-ring (bicyclic) bond motifs is 1. The number of hydrogen-bond acceptors (Lipinski definition) is 2. The zero-order valence-electron chi connectivity index (χ0n) is 15.1. The number of benzene rings is 1. The van der Waals surface area contributed by atoms with Crippen molar-refractivity contribution in [3.63, 3.8) is 0 Å². The average Bonchev–Trinajstić information content (AvgIpc) is 2.99. The van der Waals surface area contributed by atoms with Crippen LogP contribution in [0.4, 0.5) is 0 Å². The molecule has 0 saturated carbocycles. The minimum absolute atomic E-state index is 0.886. The lowest BCUT2D eigenvalue weighted by molar-refractivity contribution is 0.771. The number of aromatic amines is 1. The molecule has 0 aliphatic rings. The molecule has 0 aliphatic carbocycles. The van der Waals surface area contributed by atoms with E-state index in [4.69, 9.17) is 0 Å². The van der Waals surface area contributed by atoms with E-state index >= 15 is 0 Å². The molecule has 1 aromatic heterocycles. The van der Waals surface area contributed by atoms with Crippen molar-refractivity contribution in [2.45, 2.75) is 33.1 Å². The van der Waals surface area contributed by atoms with E-state index in [1.165, 1.54) is 34.2 Å². The first-order chi connectivity index (χ1) is 11.8. The Kier molecular flexibility index (Phi) is 8.02. The molecule has 132 valence electrons. The number of nitrogens with one attached hydrogen (secondary N) is 3. The zero-order chi connectivity index (χ0) is 17.2. The van der Waals surface area contributed by atoms with Crippen LogP contribution in [0.15, 0.2) is 29.4 Å². The third kappa shape index (κ3) is 5.48. The maximum absolute atomic E-state index is 4.66. The zero-order valence-corrected chi connectivity index (χ0v) is 15.9. The summed E-state index contributed by atoms with van der Waals surface area (Å²) >= 11 is 1.90. The van der Waals surface area contributed by atoms with E-state index in [-0.39, 0.29) is 0 Å². The number of hydrogen-bond donors (Lipinski definition) is 3. The molecule has 1 aromatic carbocycles. The van der Waals surface area contributed by atoms with Crippen molar-refractivity contribution in [3.05, 3.63) is 35.5 Å². The number of aliphatic imine (C=N–C) groups is 1. The van der Waals surface area contributed by atoms with Gasteiger partial charge in [-0.2, -0.15) is 11.8 Å². The summed E-state index contributed by atoms with van der Waals surface area (Å²) < 4.78 is 0. The van der Waals surface area contributed by atoms with Gasteiger partial charge in [-0.15, -0.1) is 0 Å². The van der Waals surface area contributed by atoms with E-state index in [1.54, 1.807) is 0 Å². The number of guanidine groups is 1. The molecule has 0 bridgehead atoms. The van der Waals surface area contributed by atoms with Gasteiger partial charge in [0.1, 0.15) is 0 Å². The van der Waals surface area contributed by atoms with Gasteiger partial charge in [-0.05, 0) is 56.2 Å². The summed E-state index contributed by atoms with van der Waals surface area (Å²) in [6.45, 7) is 6.92. The Hall–Kier alpha value is -1.62. The molecule has 2 rings (SSSR count). The first-order valence-corrected chi connectivity index (χ1v) is 10.2. The van der Waals surface area contributed by atoms with E-state index in [0.717, 1.165) is 38.4 Å². The molecule has 2 aromatic rings. The summed E-state index contributed by atoms with van der Waals surface area (Å²) in [6, 6.07) is 6.47. The number of aryl methyl sites for hydroxylation is 1. The number of aromatic nitrogens is 1. The van der Waals surface area contributed by atoms with E-state index in [1.807, 2.05) is 11.8 Å². The SMILES string of the molecule is CCNC(=NCCCCSC)NCCc1c[nH]c2c(C)cccc12. The molecule has 0 saturated heterocycles. The highest BCUT2D eigenvalue weighted by Gasteiger charge is 2.05. The molecule has 0 spiro atoms. The summed E-state index contributed by atoms with van der Waals surface area (Å²) in [5, 5.41) is 8.10. The number of nitrogens with zero attached hydrogens (tertiary/aromatic N) is 1. The number of para-hydroxylation sites is 1. The van der Waals surface area contributed by atoms with Crippen molar-refractivity contribution in [3.8, 4) is 0 Å².